The van der Waals surface area contributed by atoms with Crippen molar-refractivity contribution in [3.63, 3.8) is 0 Å². The summed E-state index contributed by atoms with van der Waals surface area (Å²) in [5, 5.41) is 22.3. The SMILES string of the molecule is Cc1nc(N)nc2c1ncn2[C@@H]1O[C@H]2COP(=O)(O)OC3[C@H](COP(=O)([O-])OC2[C@@H]1O)O[C@@H](n1cnc2c(=O)[nH]c(N)nc21)[C@H]3O. The molecule has 23 nitrogen and oxygen atoms in total. The summed E-state index contributed by atoms with van der Waals surface area (Å²) in [6.45, 7) is -0.118. The van der Waals surface area contributed by atoms with Gasteiger partial charge in [0, 0.05) is 0 Å². The van der Waals surface area contributed by atoms with E-state index in [9.17, 15) is 33.9 Å². The second kappa shape index (κ2) is 11.1. The number of nitrogens with two attached hydrogens (primary N) is 2. The Hall–Kier alpha value is -3.44. The number of aliphatic hydroxyl groups excluding tert-OH is 2. The fourth-order valence-corrected chi connectivity index (χ4v) is 7.43. The molecular formula is C21H25N10O13P2-. The molecule has 8 N–H and O–H groups in total. The number of hydrogen-bond donors (Lipinski definition) is 6. The Bertz CT molecular complexity index is 1990. The molecule has 0 aliphatic carbocycles. The summed E-state index contributed by atoms with van der Waals surface area (Å²) in [4.78, 5) is 58.3. The monoisotopic (exact) mass is 687 g/mol. The minimum Gasteiger partial charge on any atom is -0.756 e. The number of aryl methyl sites for hydroxylation is 1. The number of aromatic amines is 1. The highest BCUT2D eigenvalue weighted by Crippen LogP contribution is 2.52. The van der Waals surface area contributed by atoms with E-state index in [2.05, 4.69) is 29.9 Å². The number of H-pyrrole nitrogens is 1. The van der Waals surface area contributed by atoms with Crippen LogP contribution in [0.2, 0.25) is 0 Å². The van der Waals surface area contributed by atoms with Gasteiger partial charge in [-0.1, -0.05) is 0 Å². The molecule has 7 rings (SSSR count). The third-order valence-electron chi connectivity index (χ3n) is 7.54. The van der Waals surface area contributed by atoms with Crippen LogP contribution in [-0.2, 0) is 36.7 Å². The fourth-order valence-electron chi connectivity index (χ4n) is 5.52. The van der Waals surface area contributed by atoms with Crippen molar-refractivity contribution in [3.05, 3.63) is 28.7 Å². The molecular weight excluding hydrogens is 662 g/mol. The van der Waals surface area contributed by atoms with Gasteiger partial charge in [0.25, 0.3) is 13.4 Å². The number of imidazole rings is 2. The van der Waals surface area contributed by atoms with Gasteiger partial charge in [0.1, 0.15) is 42.1 Å². The second-order valence-electron chi connectivity index (χ2n) is 10.5. The molecule has 4 unspecified atom stereocenters. The van der Waals surface area contributed by atoms with Crippen LogP contribution in [0.3, 0.4) is 0 Å². The molecule has 3 aliphatic rings. The van der Waals surface area contributed by atoms with Crippen molar-refractivity contribution in [2.24, 2.45) is 0 Å². The first-order chi connectivity index (χ1) is 21.7. The molecule has 0 radical (unpaired) electrons. The van der Waals surface area contributed by atoms with Gasteiger partial charge in [0.05, 0.1) is 31.6 Å². The van der Waals surface area contributed by atoms with Crippen LogP contribution in [0.4, 0.5) is 11.9 Å². The van der Waals surface area contributed by atoms with Crippen molar-refractivity contribution in [1.29, 1.82) is 0 Å². The lowest BCUT2D eigenvalue weighted by molar-refractivity contribution is -0.236. The van der Waals surface area contributed by atoms with Crippen LogP contribution in [0.25, 0.3) is 22.3 Å². The lowest BCUT2D eigenvalue weighted by Gasteiger charge is -2.32. The van der Waals surface area contributed by atoms with Crippen molar-refractivity contribution in [2.75, 3.05) is 24.7 Å². The Morgan fingerprint density at radius 1 is 0.913 bits per heavy atom. The number of ether oxygens (including phenoxy) is 2. The van der Waals surface area contributed by atoms with Gasteiger partial charge in [-0.15, -0.1) is 0 Å². The molecule has 0 amide bonds. The van der Waals surface area contributed by atoms with E-state index in [1.807, 2.05) is 0 Å². The van der Waals surface area contributed by atoms with Gasteiger partial charge in [-0.25, -0.2) is 19.5 Å². The molecule has 10 atom stereocenters. The zero-order valence-electron chi connectivity index (χ0n) is 23.3. The van der Waals surface area contributed by atoms with E-state index in [0.717, 1.165) is 10.9 Å². The first-order valence-corrected chi connectivity index (χ1v) is 16.3. The summed E-state index contributed by atoms with van der Waals surface area (Å²) in [5.41, 5.74) is 11.3. The topological polar surface area (TPSA) is 332 Å². The zero-order valence-corrected chi connectivity index (χ0v) is 25.1. The number of phosphoric ester groups is 2. The average Bonchev–Trinajstić information content (AvgIpc) is 3.72. The quantitative estimate of drug-likeness (QED) is 0.117. The minimum absolute atomic E-state index is 0.103. The summed E-state index contributed by atoms with van der Waals surface area (Å²) in [6.07, 6.45) is -10.5. The van der Waals surface area contributed by atoms with Crippen molar-refractivity contribution >= 4 is 49.9 Å². The van der Waals surface area contributed by atoms with Crippen LogP contribution < -0.4 is 21.9 Å². The maximum absolute atomic E-state index is 13.1. The minimum atomic E-state index is -5.30. The van der Waals surface area contributed by atoms with Crippen LogP contribution in [0.5, 0.6) is 0 Å². The van der Waals surface area contributed by atoms with Crippen molar-refractivity contribution in [1.82, 2.24) is 39.0 Å². The Kier molecular flexibility index (Phi) is 7.51. The smallest absolute Gasteiger partial charge is 0.472 e. The summed E-state index contributed by atoms with van der Waals surface area (Å²) in [5.74, 6) is -0.380. The van der Waals surface area contributed by atoms with E-state index in [0.29, 0.717) is 11.2 Å². The average molecular weight is 687 g/mol. The molecule has 0 spiro atoms. The number of phosphoric acid groups is 2. The molecule has 3 saturated heterocycles. The standard InChI is InChI=1S/C21H26N10O13P2/c1-6-9-15(27-20(22)26-6)30(4-24-9)18-11(32)13-7(41-18)2-39-46(37,38)44-14-8(3-40-45(35,36)43-13)42-19(12(14)33)31-5-25-10-16(31)28-21(23)29-17(10)34/h4-5,7-8,11-14,18-19,32-33H,2-3H2,1H3,(H,35,36)(H,37,38)(H2,22,26,27)(H3,23,28,29,34)/p-1/t7-,8-,11-,12-,13?,14?,18+,19+/m0/s1. The highest BCUT2D eigenvalue weighted by atomic mass is 31.2. The first-order valence-electron chi connectivity index (χ1n) is 13.4. The van der Waals surface area contributed by atoms with Gasteiger partial charge in [-0.2, -0.15) is 9.97 Å². The van der Waals surface area contributed by atoms with E-state index in [4.69, 9.17) is 39.0 Å². The van der Waals surface area contributed by atoms with E-state index < -0.39 is 83.5 Å². The molecule has 3 fully saturated rings. The maximum atomic E-state index is 13.1. The number of rotatable bonds is 2. The highest BCUT2D eigenvalue weighted by molar-refractivity contribution is 7.47. The van der Waals surface area contributed by atoms with E-state index >= 15 is 0 Å². The number of fused-ring (bicyclic) bond motifs is 4. The molecule has 4 aromatic rings. The Morgan fingerprint density at radius 3 is 2.13 bits per heavy atom. The lowest BCUT2D eigenvalue weighted by Crippen LogP contribution is -2.40. The number of aromatic nitrogens is 8. The number of hydrogen-bond acceptors (Lipinski definition) is 19. The van der Waals surface area contributed by atoms with Crippen LogP contribution in [0, 0.1) is 6.92 Å². The molecule has 0 bridgehead atoms. The Labute approximate surface area is 255 Å². The summed E-state index contributed by atoms with van der Waals surface area (Å²) in [7, 11) is -10.4. The number of aliphatic hydroxyl groups is 2. The van der Waals surface area contributed by atoms with Gasteiger partial charge >= 0.3 is 7.82 Å². The molecule has 7 heterocycles. The normalized spacial score (nSPS) is 37.2. The van der Waals surface area contributed by atoms with Gasteiger partial charge in [-0.3, -0.25) is 32.5 Å². The summed E-state index contributed by atoms with van der Waals surface area (Å²) < 4.78 is 60.6. The van der Waals surface area contributed by atoms with Gasteiger partial charge in [0.15, 0.2) is 29.3 Å². The predicted molar refractivity (Wildman–Crippen MR) is 146 cm³/mol. The number of anilines is 2. The molecule has 3 aliphatic heterocycles. The molecule has 4 aromatic heterocycles. The van der Waals surface area contributed by atoms with E-state index in [1.54, 1.807) is 6.92 Å². The Morgan fingerprint density at radius 2 is 1.48 bits per heavy atom. The first kappa shape index (κ1) is 31.2. The highest BCUT2D eigenvalue weighted by Gasteiger charge is 2.53. The second-order valence-corrected chi connectivity index (χ2v) is 13.3. The van der Waals surface area contributed by atoms with Crippen molar-refractivity contribution in [2.45, 2.75) is 56.0 Å². The predicted octanol–water partition coefficient (Wildman–Crippen LogP) is -2.67. The third kappa shape index (κ3) is 5.39. The third-order valence-corrected chi connectivity index (χ3v) is 9.49. The lowest BCUT2D eigenvalue weighted by atomic mass is 10.1. The van der Waals surface area contributed by atoms with Gasteiger partial charge in [0.2, 0.25) is 11.9 Å². The van der Waals surface area contributed by atoms with Gasteiger partial charge < -0.3 is 50.0 Å². The molecule has 0 saturated carbocycles. The van der Waals surface area contributed by atoms with Gasteiger partial charge in [-0.05, 0) is 6.92 Å². The fraction of sp³-hybridized carbons (Fsp3) is 0.524. The van der Waals surface area contributed by atoms with Crippen LogP contribution in [0.15, 0.2) is 17.4 Å². The Balaban J connectivity index is 1.17. The van der Waals surface area contributed by atoms with Crippen LogP contribution in [-0.4, -0.2) is 104 Å². The van der Waals surface area contributed by atoms with E-state index in [1.165, 1.54) is 10.9 Å². The summed E-state index contributed by atoms with van der Waals surface area (Å²) in [6, 6.07) is 0. The molecule has 248 valence electrons. The van der Waals surface area contributed by atoms with Crippen LogP contribution >= 0.6 is 15.6 Å². The summed E-state index contributed by atoms with van der Waals surface area (Å²) >= 11 is 0. The van der Waals surface area contributed by atoms with Crippen LogP contribution in [0.1, 0.15) is 18.1 Å². The maximum Gasteiger partial charge on any atom is 0.472 e. The number of nitrogens with one attached hydrogen (secondary N) is 1. The largest absolute Gasteiger partial charge is 0.756 e. The number of nitrogen functional groups attached to an aromatic ring is 2. The molecule has 25 heteroatoms. The van der Waals surface area contributed by atoms with E-state index in [-0.39, 0.29) is 28.7 Å². The van der Waals surface area contributed by atoms with Crippen molar-refractivity contribution < 1.29 is 56.7 Å². The number of nitrogens with zero attached hydrogens (tertiary/aromatic N) is 7. The molecule has 0 aromatic carbocycles. The van der Waals surface area contributed by atoms with Crippen molar-refractivity contribution in [3.8, 4) is 0 Å². The zero-order chi connectivity index (χ0) is 32.7. The molecule has 46 heavy (non-hydrogen) atoms.